The molecule has 2 amide bonds. The average Bonchev–Trinajstić information content (AvgIpc) is 2.51. The standard InChI is InChI=1S/C16H22ClN3O5/c1-4-25-16(22)19-11(7-10(2)3)9-18-15(21)13-6-5-12(20(23)24)8-14(13)17/h5-6,8,10-11H,4,7,9H2,1-3H3,(H,18,21)(H,19,22). The lowest BCUT2D eigenvalue weighted by Crippen LogP contribution is -2.44. The lowest BCUT2D eigenvalue weighted by molar-refractivity contribution is -0.384. The highest BCUT2D eigenvalue weighted by Crippen LogP contribution is 2.22. The van der Waals surface area contributed by atoms with Gasteiger partial charge < -0.3 is 15.4 Å². The lowest BCUT2D eigenvalue weighted by Gasteiger charge is -2.21. The molecule has 0 spiro atoms. The van der Waals surface area contributed by atoms with Crippen LogP contribution in [0.25, 0.3) is 0 Å². The van der Waals surface area contributed by atoms with Crippen LogP contribution in [0.15, 0.2) is 18.2 Å². The van der Waals surface area contributed by atoms with E-state index in [9.17, 15) is 19.7 Å². The molecule has 25 heavy (non-hydrogen) atoms. The number of carbonyl (C=O) groups excluding carboxylic acids is 2. The Labute approximate surface area is 151 Å². The topological polar surface area (TPSA) is 111 Å². The van der Waals surface area contributed by atoms with Gasteiger partial charge >= 0.3 is 6.09 Å². The molecule has 0 bridgehead atoms. The molecule has 1 rings (SSSR count). The molecule has 0 aliphatic heterocycles. The maximum absolute atomic E-state index is 12.2. The minimum absolute atomic E-state index is 0.00883. The summed E-state index contributed by atoms with van der Waals surface area (Å²) in [6, 6.07) is 3.33. The van der Waals surface area contributed by atoms with E-state index < -0.39 is 16.9 Å². The molecule has 0 aliphatic rings. The zero-order chi connectivity index (χ0) is 19.0. The van der Waals surface area contributed by atoms with Crippen LogP contribution in [-0.2, 0) is 4.74 Å². The number of ether oxygens (including phenoxy) is 1. The minimum atomic E-state index is -0.588. The number of alkyl carbamates (subject to hydrolysis) is 1. The predicted octanol–water partition coefficient (Wildman–Crippen LogP) is 3.14. The highest BCUT2D eigenvalue weighted by Gasteiger charge is 2.18. The number of benzene rings is 1. The summed E-state index contributed by atoms with van der Waals surface area (Å²) >= 11 is 5.94. The molecule has 0 aliphatic carbocycles. The number of carbonyl (C=O) groups is 2. The van der Waals surface area contributed by atoms with Gasteiger partial charge in [-0.2, -0.15) is 0 Å². The smallest absolute Gasteiger partial charge is 0.407 e. The van der Waals surface area contributed by atoms with Crippen LogP contribution in [0.3, 0.4) is 0 Å². The second kappa shape index (κ2) is 9.83. The molecule has 0 aromatic heterocycles. The van der Waals surface area contributed by atoms with E-state index in [-0.39, 0.29) is 35.5 Å². The second-order valence-electron chi connectivity index (χ2n) is 5.82. The summed E-state index contributed by atoms with van der Waals surface area (Å²) < 4.78 is 4.85. The lowest BCUT2D eigenvalue weighted by atomic mass is 10.0. The summed E-state index contributed by atoms with van der Waals surface area (Å²) in [6.45, 7) is 6.13. The quantitative estimate of drug-likeness (QED) is 0.538. The third-order valence-electron chi connectivity index (χ3n) is 3.27. The van der Waals surface area contributed by atoms with Gasteiger partial charge in [0.05, 0.1) is 22.1 Å². The molecule has 1 atom stereocenters. The molecule has 0 heterocycles. The van der Waals surface area contributed by atoms with Crippen molar-refractivity contribution in [3.63, 3.8) is 0 Å². The van der Waals surface area contributed by atoms with Crippen molar-refractivity contribution in [3.05, 3.63) is 38.9 Å². The van der Waals surface area contributed by atoms with Crippen molar-refractivity contribution in [2.75, 3.05) is 13.2 Å². The number of nitro benzene ring substituents is 1. The minimum Gasteiger partial charge on any atom is -0.450 e. The van der Waals surface area contributed by atoms with Crippen LogP contribution in [0.1, 0.15) is 37.6 Å². The second-order valence-corrected chi connectivity index (χ2v) is 6.23. The molecule has 8 nitrogen and oxygen atoms in total. The molecule has 1 unspecified atom stereocenters. The van der Waals surface area contributed by atoms with Gasteiger partial charge in [0.15, 0.2) is 0 Å². The fraction of sp³-hybridized carbons (Fsp3) is 0.500. The number of hydrogen-bond acceptors (Lipinski definition) is 5. The molecule has 1 aromatic rings. The fourth-order valence-electron chi connectivity index (χ4n) is 2.21. The van der Waals surface area contributed by atoms with Gasteiger partial charge in [0, 0.05) is 24.7 Å². The summed E-state index contributed by atoms with van der Waals surface area (Å²) in [5, 5.41) is 16.1. The van der Waals surface area contributed by atoms with Crippen LogP contribution in [-0.4, -0.2) is 36.1 Å². The van der Waals surface area contributed by atoms with Crippen molar-refractivity contribution < 1.29 is 19.2 Å². The van der Waals surface area contributed by atoms with E-state index in [1.165, 1.54) is 12.1 Å². The molecule has 9 heteroatoms. The summed E-state index contributed by atoms with van der Waals surface area (Å²) in [7, 11) is 0. The molecular formula is C16H22ClN3O5. The first-order chi connectivity index (χ1) is 11.7. The van der Waals surface area contributed by atoms with Gasteiger partial charge in [-0.05, 0) is 25.3 Å². The SMILES string of the molecule is CCOC(=O)NC(CNC(=O)c1ccc([N+](=O)[O-])cc1Cl)CC(C)C. The van der Waals surface area contributed by atoms with Crippen molar-refractivity contribution in [2.24, 2.45) is 5.92 Å². The van der Waals surface area contributed by atoms with Gasteiger partial charge in [0.25, 0.3) is 11.6 Å². The Bertz CT molecular complexity index is 636. The fourth-order valence-corrected chi connectivity index (χ4v) is 2.48. The van der Waals surface area contributed by atoms with E-state index in [2.05, 4.69) is 10.6 Å². The zero-order valence-corrected chi connectivity index (χ0v) is 15.1. The van der Waals surface area contributed by atoms with Gasteiger partial charge in [0.2, 0.25) is 0 Å². The van der Waals surface area contributed by atoms with Gasteiger partial charge in [0.1, 0.15) is 0 Å². The van der Waals surface area contributed by atoms with Crippen LogP contribution in [0.2, 0.25) is 5.02 Å². The molecule has 0 saturated carbocycles. The Balaban J connectivity index is 2.73. The zero-order valence-electron chi connectivity index (χ0n) is 14.4. The van der Waals surface area contributed by atoms with Crippen LogP contribution in [0.5, 0.6) is 0 Å². The maximum atomic E-state index is 12.2. The Morgan fingerprint density at radius 1 is 1.36 bits per heavy atom. The van der Waals surface area contributed by atoms with E-state index in [1.807, 2.05) is 13.8 Å². The number of nitrogens with one attached hydrogen (secondary N) is 2. The van der Waals surface area contributed by atoms with Gasteiger partial charge in [-0.15, -0.1) is 0 Å². The number of nitrogens with zero attached hydrogens (tertiary/aromatic N) is 1. The Hall–Kier alpha value is -2.35. The number of non-ortho nitro benzene ring substituents is 1. The van der Waals surface area contributed by atoms with E-state index in [1.54, 1.807) is 6.92 Å². The Morgan fingerprint density at radius 2 is 2.04 bits per heavy atom. The molecule has 0 fully saturated rings. The highest BCUT2D eigenvalue weighted by molar-refractivity contribution is 6.34. The third kappa shape index (κ3) is 6.96. The van der Waals surface area contributed by atoms with Crippen LogP contribution in [0, 0.1) is 16.0 Å². The molecule has 0 saturated heterocycles. The van der Waals surface area contributed by atoms with E-state index in [0.29, 0.717) is 12.3 Å². The van der Waals surface area contributed by atoms with Gasteiger partial charge in [-0.25, -0.2) is 4.79 Å². The van der Waals surface area contributed by atoms with Gasteiger partial charge in [-0.1, -0.05) is 25.4 Å². The molecule has 2 N–H and O–H groups in total. The highest BCUT2D eigenvalue weighted by atomic mass is 35.5. The van der Waals surface area contributed by atoms with Crippen molar-refractivity contribution in [1.82, 2.24) is 10.6 Å². The van der Waals surface area contributed by atoms with Crippen molar-refractivity contribution >= 4 is 29.3 Å². The van der Waals surface area contributed by atoms with E-state index in [0.717, 1.165) is 6.07 Å². The number of amides is 2. The Morgan fingerprint density at radius 3 is 2.56 bits per heavy atom. The largest absolute Gasteiger partial charge is 0.450 e. The van der Waals surface area contributed by atoms with E-state index >= 15 is 0 Å². The summed E-state index contributed by atoms with van der Waals surface area (Å²) in [4.78, 5) is 33.9. The van der Waals surface area contributed by atoms with Crippen molar-refractivity contribution in [3.8, 4) is 0 Å². The van der Waals surface area contributed by atoms with Crippen LogP contribution >= 0.6 is 11.6 Å². The maximum Gasteiger partial charge on any atom is 0.407 e. The summed E-state index contributed by atoms with van der Waals surface area (Å²) in [6.07, 6.45) is 0.100. The monoisotopic (exact) mass is 371 g/mol. The third-order valence-corrected chi connectivity index (χ3v) is 3.58. The van der Waals surface area contributed by atoms with Crippen LogP contribution < -0.4 is 10.6 Å². The number of hydrogen-bond donors (Lipinski definition) is 2. The molecular weight excluding hydrogens is 350 g/mol. The molecule has 1 aromatic carbocycles. The summed E-state index contributed by atoms with van der Waals surface area (Å²) in [5.41, 5.74) is -0.0603. The number of nitro groups is 1. The van der Waals surface area contributed by atoms with Crippen LogP contribution in [0.4, 0.5) is 10.5 Å². The number of halogens is 1. The van der Waals surface area contributed by atoms with Crippen molar-refractivity contribution in [2.45, 2.75) is 33.2 Å². The first-order valence-electron chi connectivity index (χ1n) is 7.90. The molecule has 0 radical (unpaired) electrons. The molecule has 138 valence electrons. The van der Waals surface area contributed by atoms with Crippen molar-refractivity contribution in [1.29, 1.82) is 0 Å². The van der Waals surface area contributed by atoms with E-state index in [4.69, 9.17) is 16.3 Å². The average molecular weight is 372 g/mol. The van der Waals surface area contributed by atoms with Gasteiger partial charge in [-0.3, -0.25) is 14.9 Å². The predicted molar refractivity (Wildman–Crippen MR) is 93.8 cm³/mol. The number of rotatable bonds is 8. The normalized spacial score (nSPS) is 11.7. The first kappa shape index (κ1) is 20.7. The Kier molecular flexibility index (Phi) is 8.13. The summed E-state index contributed by atoms with van der Waals surface area (Å²) in [5.74, 6) is -0.175. The first-order valence-corrected chi connectivity index (χ1v) is 8.27.